The smallest absolute Gasteiger partial charge is 0.129 e. The first kappa shape index (κ1) is 126. The van der Waals surface area contributed by atoms with Crippen molar-refractivity contribution < 1.29 is 94.4 Å². The van der Waals surface area contributed by atoms with Crippen molar-refractivity contribution in [3.63, 3.8) is 0 Å². The van der Waals surface area contributed by atoms with Crippen molar-refractivity contribution in [2.45, 2.75) is 322 Å². The zero-order valence-corrected chi connectivity index (χ0v) is 80.9. The van der Waals surface area contributed by atoms with Gasteiger partial charge in [0.2, 0.25) is 0 Å². The van der Waals surface area contributed by atoms with E-state index in [2.05, 4.69) is 130 Å². The number of hydrogen-bond donors (Lipinski definition) is 12. The number of carbonyl (C=O) groups excluding carboxylic acids is 6. The number of halogens is 1. The molecule has 136 heavy (non-hydrogen) atoms. The lowest BCUT2D eigenvalue weighted by Crippen LogP contribution is -2.05. The molecule has 2 aliphatic carbocycles. The van der Waals surface area contributed by atoms with Crippen molar-refractivity contribution in [1.29, 1.82) is 0 Å². The van der Waals surface area contributed by atoms with Crippen LogP contribution in [0.3, 0.4) is 0 Å². The normalized spacial score (nSPS) is 14.7. The van der Waals surface area contributed by atoms with E-state index < -0.39 is 67.1 Å². The van der Waals surface area contributed by atoms with Gasteiger partial charge in [0, 0.05) is 93.6 Å². The third-order valence-electron chi connectivity index (χ3n) is 18.2. The largest absolute Gasteiger partial charge is 0.389 e. The summed E-state index contributed by atoms with van der Waals surface area (Å²) in [5, 5.41) is 115. The Morgan fingerprint density at radius 1 is 0.331 bits per heavy atom. The maximum atomic E-state index is 12.7. The summed E-state index contributed by atoms with van der Waals surface area (Å²) in [5.41, 5.74) is 1.62. The highest BCUT2D eigenvalue weighted by Gasteiger charge is 2.23. The molecule has 728 valence electrons. The van der Waals surface area contributed by atoms with Crippen molar-refractivity contribution >= 4 is 34.7 Å². The van der Waals surface area contributed by atoms with Crippen LogP contribution in [0.15, 0.2) is 200 Å². The maximum Gasteiger partial charge on any atom is 0.129 e. The fraction of sp³-hybridized carbons (Fsp3) is 0.453. The molecule has 0 spiro atoms. The lowest BCUT2D eigenvalue weighted by atomic mass is 9.90. The molecule has 0 aliphatic heterocycles. The van der Waals surface area contributed by atoms with Gasteiger partial charge >= 0.3 is 0 Å². The first-order valence-electron chi connectivity index (χ1n) is 46.5. The Hall–Kier alpha value is -12.1. The first-order chi connectivity index (χ1) is 65.2. The molecule has 0 unspecified atom stereocenters. The minimum Gasteiger partial charge on any atom is -0.389 e. The molecule has 0 heterocycles. The number of carbonyl (C=O) groups is 6. The Morgan fingerprint density at radius 2 is 0.618 bits per heavy atom. The van der Waals surface area contributed by atoms with Crippen LogP contribution in [0.2, 0.25) is 0 Å². The summed E-state index contributed by atoms with van der Waals surface area (Å²) in [6.07, 6.45) is 51.6. The summed E-state index contributed by atoms with van der Waals surface area (Å²) in [6, 6.07) is 15.5. The van der Waals surface area contributed by atoms with E-state index in [1.807, 2.05) is 44.2 Å². The zero-order chi connectivity index (χ0) is 101. The number of Topliss-reactive ketones (excluding diaryl/α,β-unsaturated/α-hetero) is 6. The van der Waals surface area contributed by atoms with E-state index in [-0.39, 0.29) is 53.0 Å². The molecule has 0 amide bonds. The molecule has 19 heteroatoms. The van der Waals surface area contributed by atoms with Crippen LogP contribution >= 0.6 is 0 Å². The number of benzene rings is 2. The SMILES string of the molecule is CC#CC[C@@H](O)/C=C/C=C/C#C[C@@H](O)CCCC(C)=O.CC(=O)CCC[C@H](O)C#C/C=C/C=C/[C@H](O)CC#CC(C)C.CC(=O)CCC[C@H](O)C#C/C=C/C=C/[C@H](O)CC#CC1CCCCC1.CC(=O)CCC[C@H](O)C#C/C=C/C=C/[C@H](O)CC#Cc1ccccc1.CC(=O)CC[C@H](O)C#C/C=C/C=C/[C@H](O)CC#Cc1ccc(F)cc1.CC(=O)CC[C@H](O)C#C/C=C/C=C/[C@H](O)CC1CC1. The predicted octanol–water partition coefficient (Wildman–Crippen LogP) is 16.0. The lowest BCUT2D eigenvalue weighted by Gasteiger charge is -2.15. The van der Waals surface area contributed by atoms with Gasteiger partial charge in [-0.25, -0.2) is 4.39 Å². The third kappa shape index (κ3) is 95.1. The summed E-state index contributed by atoms with van der Waals surface area (Å²) >= 11 is 0. The Labute approximate surface area is 811 Å². The van der Waals surface area contributed by atoms with Gasteiger partial charge in [-0.2, -0.15) is 0 Å². The number of ketones is 6. The van der Waals surface area contributed by atoms with Gasteiger partial charge in [-0.3, -0.25) is 0 Å². The fourth-order valence-corrected chi connectivity index (χ4v) is 10.7. The molecule has 0 aromatic heterocycles. The van der Waals surface area contributed by atoms with Crippen LogP contribution in [0, 0.1) is 154 Å². The van der Waals surface area contributed by atoms with E-state index in [1.165, 1.54) is 91.7 Å². The van der Waals surface area contributed by atoms with Crippen molar-refractivity contribution in [2.24, 2.45) is 17.8 Å². The molecular formula is C117H145FO18. The van der Waals surface area contributed by atoms with E-state index in [0.717, 1.165) is 12.0 Å². The maximum absolute atomic E-state index is 12.7. The molecule has 0 saturated heterocycles. The molecule has 12 atom stereocenters. The molecule has 2 aromatic carbocycles. The van der Waals surface area contributed by atoms with Crippen LogP contribution in [-0.4, -0.2) is 169 Å². The summed E-state index contributed by atoms with van der Waals surface area (Å²) < 4.78 is 12.7. The van der Waals surface area contributed by atoms with E-state index in [1.54, 1.807) is 172 Å². The molecular weight excluding hydrogens is 1710 g/mol. The van der Waals surface area contributed by atoms with Crippen LogP contribution in [0.5, 0.6) is 0 Å². The molecule has 2 fully saturated rings. The Kier molecular flexibility index (Phi) is 81.7. The topological polar surface area (TPSA) is 345 Å². The molecule has 18 nitrogen and oxygen atoms in total. The Bertz CT molecular complexity index is 4900. The number of allylic oxidation sites excluding steroid dienone is 18. The highest BCUT2D eigenvalue weighted by Crippen LogP contribution is 2.33. The van der Waals surface area contributed by atoms with Gasteiger partial charge in [0.25, 0.3) is 0 Å². The summed E-state index contributed by atoms with van der Waals surface area (Å²) in [4.78, 5) is 64.5. The van der Waals surface area contributed by atoms with Crippen molar-refractivity contribution in [1.82, 2.24) is 0 Å². The van der Waals surface area contributed by atoms with E-state index >= 15 is 0 Å². The van der Waals surface area contributed by atoms with Gasteiger partial charge in [-0.15, -0.1) is 17.8 Å². The van der Waals surface area contributed by atoms with E-state index in [4.69, 9.17) is 0 Å². The molecule has 2 saturated carbocycles. The predicted molar refractivity (Wildman–Crippen MR) is 544 cm³/mol. The van der Waals surface area contributed by atoms with Crippen LogP contribution in [0.4, 0.5) is 4.39 Å². The fourth-order valence-electron chi connectivity index (χ4n) is 10.7. The average Bonchev–Trinajstić information content (AvgIpc) is 1.85. The minimum atomic E-state index is -0.815. The van der Waals surface area contributed by atoms with Gasteiger partial charge in [-0.1, -0.05) is 286 Å². The van der Waals surface area contributed by atoms with Crippen molar-refractivity contribution in [3.05, 3.63) is 217 Å². The number of hydrogen-bond acceptors (Lipinski definition) is 18. The van der Waals surface area contributed by atoms with Crippen molar-refractivity contribution in [3.8, 4) is 130 Å². The summed E-state index contributed by atoms with van der Waals surface area (Å²) in [5.74, 6) is 63.5. The number of rotatable bonds is 41. The van der Waals surface area contributed by atoms with Crippen LogP contribution < -0.4 is 0 Å². The highest BCUT2D eigenvalue weighted by atomic mass is 19.1. The second kappa shape index (κ2) is 88.2. The molecule has 12 N–H and O–H groups in total. The molecule has 0 radical (unpaired) electrons. The number of aliphatic hydroxyl groups excluding tert-OH is 12. The Balaban J connectivity index is 0. The molecule has 2 aliphatic rings. The highest BCUT2D eigenvalue weighted by molar-refractivity contribution is 5.77. The van der Waals surface area contributed by atoms with Crippen LogP contribution in [0.1, 0.15) is 260 Å². The summed E-state index contributed by atoms with van der Waals surface area (Å²) in [6.45, 7) is 14.9. The first-order valence-corrected chi connectivity index (χ1v) is 46.5. The number of aliphatic hydroxyl groups is 12. The van der Waals surface area contributed by atoms with Gasteiger partial charge in [-0.05, 0) is 211 Å². The Morgan fingerprint density at radius 3 is 0.919 bits per heavy atom. The second-order valence-electron chi connectivity index (χ2n) is 32.3. The monoisotopic (exact) mass is 1860 g/mol. The van der Waals surface area contributed by atoms with Crippen molar-refractivity contribution in [2.75, 3.05) is 0 Å². The quantitative estimate of drug-likeness (QED) is 0.0217. The zero-order valence-electron chi connectivity index (χ0n) is 80.9. The molecule has 2 aromatic rings. The lowest BCUT2D eigenvalue weighted by molar-refractivity contribution is -0.118. The molecule has 4 rings (SSSR count). The van der Waals surface area contributed by atoms with Gasteiger partial charge in [0.1, 0.15) is 77.1 Å². The minimum absolute atomic E-state index is 0.0239. The van der Waals surface area contributed by atoms with Gasteiger partial charge in [0.15, 0.2) is 0 Å². The van der Waals surface area contributed by atoms with E-state index in [0.29, 0.717) is 152 Å². The van der Waals surface area contributed by atoms with Crippen LogP contribution in [-0.2, 0) is 28.8 Å². The molecule has 0 bridgehead atoms. The third-order valence-corrected chi connectivity index (χ3v) is 18.2. The second-order valence-corrected chi connectivity index (χ2v) is 32.3. The standard InChI is InChI=1S/C22H30O3.C22H24O3.C21H21FO3.C19H26O3.C17H22O3.C16H22O3/c2*1-19(23)11-9-17-21(24)15-7-2-3-8-16-22(25)18-10-14-20-12-5-4-6-13-20;1-17(23)11-16-21(25)9-5-3-2-4-8-20(24)10-6-7-18-12-14-19(22)15-13-18;1-16(2)10-8-14-18(21)12-6-4-5-7-13-19(22)15-9-11-17(3)20;1-3-4-11-16(19)12-7-5-6-8-13-17(20)14-9-10-15(2)18;1-13(17)8-11-15(18)6-4-2-3-5-7-16(19)12-14-9-10-14/h2-3,8,16,20-22,24-25H,4-6,9,11-13,17-18H2,1H3;2-6,8,12-13,16,21-22,24-25H,9,11,17-18H2,1H3;2-4,8,12-15,20-21,24-25H,10-11,16H2,1H3;4-6,12,16,18-19,21-22H,9,11,14-15H2,1-3H3;5-7,12,16-17,19-20H,9-11,14H2,1-2H3;2-3,5,7,14-16,18-19H,8-12H2,1H3/b2*3-2+,16-8+;3-2+,8-4+;5-4+,12-6+;6-5+,12-7+;3-2+,7-5+/t2*21-,22+;20-,21+;18-,19+;16-,17-;15-,16+/m110011/s1. The van der Waals surface area contributed by atoms with E-state index in [9.17, 15) is 94.4 Å². The van der Waals surface area contributed by atoms with Gasteiger partial charge < -0.3 is 90.0 Å². The average molecular weight is 1860 g/mol. The summed E-state index contributed by atoms with van der Waals surface area (Å²) in [7, 11) is 0. The van der Waals surface area contributed by atoms with Gasteiger partial charge in [0.05, 0.1) is 36.6 Å². The van der Waals surface area contributed by atoms with Crippen LogP contribution in [0.25, 0.3) is 0 Å².